The molecule has 0 aliphatic carbocycles. The van der Waals surface area contributed by atoms with Crippen LogP contribution in [-0.2, 0) is 0 Å². The third-order valence-corrected chi connectivity index (χ3v) is 3.08. The van der Waals surface area contributed by atoms with Gasteiger partial charge in [-0.3, -0.25) is 0 Å². The van der Waals surface area contributed by atoms with Gasteiger partial charge in [0.2, 0.25) is 0 Å². The molecular formula is C17H17NO. The topological polar surface area (TPSA) is 33.0 Å². The average molecular weight is 251 g/mol. The first-order chi connectivity index (χ1) is 9.10. The van der Waals surface area contributed by atoms with Crippen LogP contribution in [0.2, 0.25) is 0 Å². The second kappa shape index (κ2) is 5.58. The van der Waals surface area contributed by atoms with E-state index in [9.17, 15) is 0 Å². The molecule has 2 rings (SSSR count). The molecule has 2 aromatic carbocycles. The van der Waals surface area contributed by atoms with Crippen LogP contribution >= 0.6 is 0 Å². The first-order valence-electron chi connectivity index (χ1n) is 6.38. The summed E-state index contributed by atoms with van der Waals surface area (Å²) in [5.74, 6) is 2.09. The number of rotatable bonds is 3. The maximum atomic E-state index is 8.75. The smallest absolute Gasteiger partial charge is 0.127 e. The minimum absolute atomic E-state index is 0.518. The van der Waals surface area contributed by atoms with E-state index in [1.165, 1.54) is 11.1 Å². The Morgan fingerprint density at radius 2 is 1.63 bits per heavy atom. The van der Waals surface area contributed by atoms with Crippen molar-refractivity contribution in [1.29, 1.82) is 5.26 Å². The number of nitrogens with zero attached hydrogens (tertiary/aromatic N) is 1. The highest BCUT2D eigenvalue weighted by molar-refractivity contribution is 5.40. The van der Waals surface area contributed by atoms with Gasteiger partial charge in [-0.2, -0.15) is 5.26 Å². The monoisotopic (exact) mass is 251 g/mol. The molecule has 0 amide bonds. The van der Waals surface area contributed by atoms with Gasteiger partial charge in [-0.1, -0.05) is 19.9 Å². The maximum absolute atomic E-state index is 8.75. The molecule has 0 N–H and O–H groups in total. The largest absolute Gasteiger partial charge is 0.457 e. The fourth-order valence-corrected chi connectivity index (χ4v) is 2.09. The fraction of sp³-hybridized carbons (Fsp3) is 0.235. The van der Waals surface area contributed by atoms with E-state index in [1.54, 1.807) is 12.1 Å². The second-order valence-corrected chi connectivity index (χ2v) is 4.91. The van der Waals surface area contributed by atoms with Gasteiger partial charge in [0.1, 0.15) is 11.5 Å². The molecule has 0 bridgehead atoms. The van der Waals surface area contributed by atoms with Crippen LogP contribution in [0.3, 0.4) is 0 Å². The van der Waals surface area contributed by atoms with Crippen LogP contribution in [0.25, 0.3) is 0 Å². The number of aryl methyl sites for hydroxylation is 1. The highest BCUT2D eigenvalue weighted by atomic mass is 16.5. The summed E-state index contributed by atoms with van der Waals surface area (Å²) in [4.78, 5) is 0. The molecule has 0 saturated carbocycles. The molecule has 0 heterocycles. The Morgan fingerprint density at radius 3 is 2.16 bits per heavy atom. The molecule has 2 heteroatoms. The predicted octanol–water partition coefficient (Wildman–Crippen LogP) is 4.78. The number of ether oxygens (including phenoxy) is 1. The van der Waals surface area contributed by atoms with Gasteiger partial charge < -0.3 is 4.74 Å². The summed E-state index contributed by atoms with van der Waals surface area (Å²) in [5.41, 5.74) is 3.21. The molecule has 0 spiro atoms. The Balaban J connectivity index is 2.19. The zero-order valence-corrected chi connectivity index (χ0v) is 11.5. The molecule has 0 unspecified atom stereocenters. The molecule has 0 aliphatic rings. The highest BCUT2D eigenvalue weighted by Gasteiger charge is 2.05. The SMILES string of the molecule is Cc1cc(Oc2ccc(C#N)cc2)ccc1C(C)C. The van der Waals surface area contributed by atoms with Gasteiger partial charge in [-0.25, -0.2) is 0 Å². The highest BCUT2D eigenvalue weighted by Crippen LogP contribution is 2.27. The lowest BCUT2D eigenvalue weighted by molar-refractivity contribution is 0.482. The van der Waals surface area contributed by atoms with Crippen molar-refractivity contribution in [3.63, 3.8) is 0 Å². The predicted molar refractivity (Wildman–Crippen MR) is 76.5 cm³/mol. The van der Waals surface area contributed by atoms with Crippen LogP contribution in [0.1, 0.15) is 36.5 Å². The maximum Gasteiger partial charge on any atom is 0.127 e. The quantitative estimate of drug-likeness (QED) is 0.786. The number of benzene rings is 2. The summed E-state index contributed by atoms with van der Waals surface area (Å²) in [5, 5.41) is 8.75. The molecule has 96 valence electrons. The van der Waals surface area contributed by atoms with Crippen molar-refractivity contribution in [2.45, 2.75) is 26.7 Å². The van der Waals surface area contributed by atoms with Gasteiger partial charge in [0.25, 0.3) is 0 Å². The zero-order chi connectivity index (χ0) is 13.8. The third-order valence-electron chi connectivity index (χ3n) is 3.08. The zero-order valence-electron chi connectivity index (χ0n) is 11.5. The van der Waals surface area contributed by atoms with E-state index < -0.39 is 0 Å². The Labute approximate surface area is 114 Å². The molecule has 0 aromatic heterocycles. The first-order valence-corrected chi connectivity index (χ1v) is 6.38. The van der Waals surface area contributed by atoms with Crippen molar-refractivity contribution in [3.05, 3.63) is 59.2 Å². The lowest BCUT2D eigenvalue weighted by atomic mass is 9.98. The first kappa shape index (κ1) is 13.2. The molecule has 19 heavy (non-hydrogen) atoms. The summed E-state index contributed by atoms with van der Waals surface area (Å²) < 4.78 is 5.78. The number of hydrogen-bond donors (Lipinski definition) is 0. The fourth-order valence-electron chi connectivity index (χ4n) is 2.09. The Morgan fingerprint density at radius 1 is 1.00 bits per heavy atom. The van der Waals surface area contributed by atoms with Crippen molar-refractivity contribution >= 4 is 0 Å². The molecule has 0 saturated heterocycles. The van der Waals surface area contributed by atoms with Gasteiger partial charge in [0, 0.05) is 0 Å². The molecule has 0 atom stereocenters. The van der Waals surface area contributed by atoms with E-state index in [0.29, 0.717) is 11.5 Å². The Hall–Kier alpha value is -2.27. The van der Waals surface area contributed by atoms with E-state index in [-0.39, 0.29) is 0 Å². The molecule has 0 aliphatic heterocycles. The van der Waals surface area contributed by atoms with Crippen molar-refractivity contribution in [2.24, 2.45) is 0 Å². The normalized spacial score (nSPS) is 10.3. The summed E-state index contributed by atoms with van der Waals surface area (Å²) in [6, 6.07) is 15.4. The molecule has 0 radical (unpaired) electrons. The summed E-state index contributed by atoms with van der Waals surface area (Å²) in [6.45, 7) is 6.47. The van der Waals surface area contributed by atoms with E-state index in [4.69, 9.17) is 10.00 Å². The van der Waals surface area contributed by atoms with Crippen molar-refractivity contribution in [3.8, 4) is 17.6 Å². The van der Waals surface area contributed by atoms with E-state index in [1.807, 2.05) is 24.3 Å². The third kappa shape index (κ3) is 3.14. The van der Waals surface area contributed by atoms with E-state index in [2.05, 4.69) is 32.9 Å². The lowest BCUT2D eigenvalue weighted by Crippen LogP contribution is -1.93. The van der Waals surface area contributed by atoms with Crippen molar-refractivity contribution < 1.29 is 4.74 Å². The minimum Gasteiger partial charge on any atom is -0.457 e. The van der Waals surface area contributed by atoms with Crippen LogP contribution < -0.4 is 4.74 Å². The summed E-state index contributed by atoms with van der Waals surface area (Å²) >= 11 is 0. The van der Waals surface area contributed by atoms with Crippen LogP contribution in [0.4, 0.5) is 0 Å². The van der Waals surface area contributed by atoms with Gasteiger partial charge in [0.15, 0.2) is 0 Å². The second-order valence-electron chi connectivity index (χ2n) is 4.91. The molecule has 2 aromatic rings. The van der Waals surface area contributed by atoms with Crippen LogP contribution in [0, 0.1) is 18.3 Å². The van der Waals surface area contributed by atoms with Gasteiger partial charge in [0.05, 0.1) is 11.6 Å². The van der Waals surface area contributed by atoms with E-state index >= 15 is 0 Å². The van der Waals surface area contributed by atoms with Crippen LogP contribution in [0.15, 0.2) is 42.5 Å². The van der Waals surface area contributed by atoms with E-state index in [0.717, 1.165) is 11.5 Å². The molecular weight excluding hydrogens is 234 g/mol. The standard InChI is InChI=1S/C17H17NO/c1-12(2)17-9-8-16(10-13(17)3)19-15-6-4-14(11-18)5-7-15/h4-10,12H,1-3H3. The molecule has 2 nitrogen and oxygen atoms in total. The Kier molecular flexibility index (Phi) is 3.87. The average Bonchev–Trinajstić information content (AvgIpc) is 2.39. The number of hydrogen-bond acceptors (Lipinski definition) is 2. The summed E-state index contributed by atoms with van der Waals surface area (Å²) in [6.07, 6.45) is 0. The van der Waals surface area contributed by atoms with Gasteiger partial charge >= 0.3 is 0 Å². The minimum atomic E-state index is 0.518. The van der Waals surface area contributed by atoms with Crippen molar-refractivity contribution in [2.75, 3.05) is 0 Å². The Bertz CT molecular complexity index is 606. The number of nitriles is 1. The van der Waals surface area contributed by atoms with Crippen LogP contribution in [0.5, 0.6) is 11.5 Å². The van der Waals surface area contributed by atoms with Crippen LogP contribution in [-0.4, -0.2) is 0 Å². The lowest BCUT2D eigenvalue weighted by Gasteiger charge is -2.12. The van der Waals surface area contributed by atoms with Gasteiger partial charge in [-0.05, 0) is 60.4 Å². The molecule has 0 fully saturated rings. The van der Waals surface area contributed by atoms with Crippen molar-refractivity contribution in [1.82, 2.24) is 0 Å². The summed E-state index contributed by atoms with van der Waals surface area (Å²) in [7, 11) is 0. The van der Waals surface area contributed by atoms with Gasteiger partial charge in [-0.15, -0.1) is 0 Å².